The lowest BCUT2D eigenvalue weighted by Gasteiger charge is -2.34. The number of fused-ring (bicyclic) bond motifs is 1. The average molecular weight is 342 g/mol. The van der Waals surface area contributed by atoms with Crippen molar-refractivity contribution in [2.45, 2.75) is 58.5 Å². The minimum absolute atomic E-state index is 0.0481. The lowest BCUT2D eigenvalue weighted by atomic mass is 10.0. The van der Waals surface area contributed by atoms with Crippen LogP contribution in [-0.2, 0) is 0 Å². The van der Waals surface area contributed by atoms with E-state index in [0.717, 1.165) is 43.9 Å². The van der Waals surface area contributed by atoms with Crippen molar-refractivity contribution < 1.29 is 4.79 Å². The smallest absolute Gasteiger partial charge is 0.293 e. The van der Waals surface area contributed by atoms with E-state index >= 15 is 0 Å². The third-order valence-electron chi connectivity index (χ3n) is 5.63. The lowest BCUT2D eigenvalue weighted by Crippen LogP contribution is -2.48. The van der Waals surface area contributed by atoms with Crippen molar-refractivity contribution in [1.29, 1.82) is 0 Å². The Labute approximate surface area is 148 Å². The molecule has 1 amide bonds. The van der Waals surface area contributed by atoms with Gasteiger partial charge in [-0.05, 0) is 58.7 Å². The third kappa shape index (κ3) is 2.80. The minimum Gasteiger partial charge on any atom is -0.331 e. The van der Waals surface area contributed by atoms with Crippen molar-refractivity contribution in [2.75, 3.05) is 19.6 Å². The first-order chi connectivity index (χ1) is 12.1. The van der Waals surface area contributed by atoms with Gasteiger partial charge in [-0.15, -0.1) is 5.10 Å². The van der Waals surface area contributed by atoms with Crippen molar-refractivity contribution in [3.05, 3.63) is 23.3 Å². The van der Waals surface area contributed by atoms with Gasteiger partial charge >= 0.3 is 0 Å². The zero-order valence-electron chi connectivity index (χ0n) is 15.3. The molecule has 0 radical (unpaired) electrons. The van der Waals surface area contributed by atoms with Gasteiger partial charge in [-0.1, -0.05) is 6.92 Å². The molecule has 7 nitrogen and oxygen atoms in total. The van der Waals surface area contributed by atoms with Crippen molar-refractivity contribution in [1.82, 2.24) is 29.4 Å². The molecule has 2 saturated heterocycles. The first kappa shape index (κ1) is 16.4. The topological polar surface area (TPSA) is 66.6 Å². The minimum atomic E-state index is -0.0481. The third-order valence-corrected chi connectivity index (χ3v) is 5.63. The number of amides is 1. The first-order valence-electron chi connectivity index (χ1n) is 9.34. The molecule has 4 heterocycles. The van der Waals surface area contributed by atoms with Crippen LogP contribution in [0.2, 0.25) is 0 Å². The van der Waals surface area contributed by atoms with E-state index in [1.807, 2.05) is 24.8 Å². The van der Waals surface area contributed by atoms with Crippen LogP contribution in [0.15, 0.2) is 6.07 Å². The Kier molecular flexibility index (Phi) is 4.19. The van der Waals surface area contributed by atoms with Gasteiger partial charge in [-0.2, -0.15) is 4.98 Å². The largest absolute Gasteiger partial charge is 0.331 e. The molecule has 2 aromatic heterocycles. The molecule has 2 atom stereocenters. The zero-order chi connectivity index (χ0) is 17.6. The van der Waals surface area contributed by atoms with E-state index in [2.05, 4.69) is 26.9 Å². The molecule has 2 aliphatic rings. The van der Waals surface area contributed by atoms with Crippen LogP contribution in [0.1, 0.15) is 54.6 Å². The Morgan fingerprint density at radius 3 is 2.72 bits per heavy atom. The van der Waals surface area contributed by atoms with Crippen LogP contribution in [0.5, 0.6) is 0 Å². The summed E-state index contributed by atoms with van der Waals surface area (Å²) in [6, 6.07) is 2.72. The maximum absolute atomic E-state index is 13.1. The van der Waals surface area contributed by atoms with E-state index in [1.54, 1.807) is 4.52 Å². The summed E-state index contributed by atoms with van der Waals surface area (Å²) < 4.78 is 1.67. The van der Waals surface area contributed by atoms with Gasteiger partial charge in [-0.25, -0.2) is 9.50 Å². The second-order valence-corrected chi connectivity index (χ2v) is 7.23. The van der Waals surface area contributed by atoms with E-state index in [4.69, 9.17) is 0 Å². The second-order valence-electron chi connectivity index (χ2n) is 7.23. The van der Waals surface area contributed by atoms with Crippen LogP contribution < -0.4 is 0 Å². The van der Waals surface area contributed by atoms with E-state index < -0.39 is 0 Å². The molecule has 134 valence electrons. The molecule has 7 heteroatoms. The van der Waals surface area contributed by atoms with Crippen molar-refractivity contribution in [3.63, 3.8) is 0 Å². The molecule has 2 aromatic rings. The molecule has 0 saturated carbocycles. The van der Waals surface area contributed by atoms with E-state index in [1.165, 1.54) is 12.8 Å². The van der Waals surface area contributed by atoms with Crippen LogP contribution in [0, 0.1) is 13.8 Å². The molecule has 0 unspecified atom stereocenters. The Morgan fingerprint density at radius 1 is 1.16 bits per heavy atom. The molecular formula is C18H26N6O. The van der Waals surface area contributed by atoms with Gasteiger partial charge in [0.05, 0.1) is 0 Å². The quantitative estimate of drug-likeness (QED) is 0.851. The molecule has 2 fully saturated rings. The summed E-state index contributed by atoms with van der Waals surface area (Å²) in [6.45, 7) is 9.10. The normalized spacial score (nSPS) is 24.5. The maximum atomic E-state index is 13.1. The highest BCUT2D eigenvalue weighted by molar-refractivity contribution is 5.91. The van der Waals surface area contributed by atoms with Gasteiger partial charge in [-0.3, -0.25) is 9.69 Å². The van der Waals surface area contributed by atoms with Gasteiger partial charge < -0.3 is 4.90 Å². The van der Waals surface area contributed by atoms with Crippen molar-refractivity contribution in [2.24, 2.45) is 0 Å². The van der Waals surface area contributed by atoms with Gasteiger partial charge in [0.15, 0.2) is 0 Å². The molecule has 0 aliphatic carbocycles. The summed E-state index contributed by atoms with van der Waals surface area (Å²) in [7, 11) is 0. The van der Waals surface area contributed by atoms with Crippen LogP contribution in [0.3, 0.4) is 0 Å². The summed E-state index contributed by atoms with van der Waals surface area (Å²) in [5.74, 6) is 0.731. The number of hydrogen-bond acceptors (Lipinski definition) is 5. The van der Waals surface area contributed by atoms with Gasteiger partial charge in [0.2, 0.25) is 5.82 Å². The van der Waals surface area contributed by atoms with Gasteiger partial charge in [0.1, 0.15) is 0 Å². The Bertz CT molecular complexity index is 800. The predicted octanol–water partition coefficient (Wildman–Crippen LogP) is 1.83. The number of hydrogen-bond donors (Lipinski definition) is 0. The fraction of sp³-hybridized carbons (Fsp3) is 0.667. The number of aryl methyl sites for hydroxylation is 2. The standard InChI is InChI=1S/C18H26N6O/c1-4-22-9-5-7-14(22)15-8-6-10-23(15)17(25)16-20-18-19-12(2)11-13(3)24(18)21-16/h11,14-15H,4-10H2,1-3H3/t14-,15-/m1/s1. The van der Waals surface area contributed by atoms with E-state index in [0.29, 0.717) is 11.8 Å². The van der Waals surface area contributed by atoms with Crippen LogP contribution in [0.25, 0.3) is 5.78 Å². The molecule has 0 spiro atoms. The molecule has 25 heavy (non-hydrogen) atoms. The number of aromatic nitrogens is 4. The summed E-state index contributed by atoms with van der Waals surface area (Å²) in [6.07, 6.45) is 4.55. The summed E-state index contributed by atoms with van der Waals surface area (Å²) in [5, 5.41) is 4.44. The van der Waals surface area contributed by atoms with Crippen LogP contribution in [0.4, 0.5) is 0 Å². The molecule has 2 aliphatic heterocycles. The Hall–Kier alpha value is -2.02. The highest BCUT2D eigenvalue weighted by atomic mass is 16.2. The molecule has 4 rings (SSSR count). The van der Waals surface area contributed by atoms with Crippen molar-refractivity contribution >= 4 is 11.7 Å². The Balaban J connectivity index is 1.62. The van der Waals surface area contributed by atoms with Gasteiger partial charge in [0, 0.05) is 30.0 Å². The maximum Gasteiger partial charge on any atom is 0.293 e. The number of carbonyl (C=O) groups is 1. The zero-order valence-corrected chi connectivity index (χ0v) is 15.3. The predicted molar refractivity (Wildman–Crippen MR) is 94.6 cm³/mol. The summed E-state index contributed by atoms with van der Waals surface area (Å²) >= 11 is 0. The molecule has 0 aromatic carbocycles. The first-order valence-corrected chi connectivity index (χ1v) is 9.34. The number of nitrogens with zero attached hydrogens (tertiary/aromatic N) is 6. The summed E-state index contributed by atoms with van der Waals surface area (Å²) in [4.78, 5) is 26.5. The Morgan fingerprint density at radius 2 is 1.92 bits per heavy atom. The van der Waals surface area contributed by atoms with E-state index in [9.17, 15) is 4.79 Å². The number of carbonyl (C=O) groups excluding carboxylic acids is 1. The van der Waals surface area contributed by atoms with Crippen LogP contribution in [-0.4, -0.2) is 67.0 Å². The monoisotopic (exact) mass is 342 g/mol. The number of likely N-dealkylation sites (tertiary alicyclic amines) is 2. The highest BCUT2D eigenvalue weighted by Crippen LogP contribution is 2.30. The molecular weight excluding hydrogens is 316 g/mol. The second kappa shape index (κ2) is 6.37. The lowest BCUT2D eigenvalue weighted by molar-refractivity contribution is 0.0638. The fourth-order valence-electron chi connectivity index (χ4n) is 4.51. The summed E-state index contributed by atoms with van der Waals surface area (Å²) in [5.41, 5.74) is 1.83. The molecule has 0 N–H and O–H groups in total. The highest BCUT2D eigenvalue weighted by Gasteiger charge is 2.40. The van der Waals surface area contributed by atoms with Crippen LogP contribution >= 0.6 is 0 Å². The number of likely N-dealkylation sites (N-methyl/N-ethyl adjacent to an activating group) is 1. The fourth-order valence-corrected chi connectivity index (χ4v) is 4.51. The van der Waals surface area contributed by atoms with E-state index in [-0.39, 0.29) is 17.8 Å². The van der Waals surface area contributed by atoms with Gasteiger partial charge in [0.25, 0.3) is 11.7 Å². The molecule has 0 bridgehead atoms. The average Bonchev–Trinajstić information content (AvgIpc) is 3.31. The number of rotatable bonds is 3. The SMILES string of the molecule is CCN1CCC[C@@H]1[C@H]1CCCN1C(=O)c1nc2nc(C)cc(C)n2n1. The van der Waals surface area contributed by atoms with Crippen molar-refractivity contribution in [3.8, 4) is 0 Å².